The first-order valence-electron chi connectivity index (χ1n) is 9.29. The lowest BCUT2D eigenvalue weighted by Gasteiger charge is -2.47. The first-order valence-corrected chi connectivity index (χ1v) is 11.1. The van der Waals surface area contributed by atoms with Crippen LogP contribution in [0.4, 0.5) is 14.5 Å². The van der Waals surface area contributed by atoms with Crippen LogP contribution >= 0.6 is 10.9 Å². The fourth-order valence-electron chi connectivity index (χ4n) is 4.41. The van der Waals surface area contributed by atoms with Gasteiger partial charge in [-0.15, -0.1) is 0 Å². The minimum absolute atomic E-state index is 0.000408. The SMILES string of the molecule is C[SH]1C=C(C(=O)NC2CCC23CCCC3)N=C1N(C#N)c1cc(F)nc(F)c1. The van der Waals surface area contributed by atoms with E-state index in [9.17, 15) is 18.8 Å². The van der Waals surface area contributed by atoms with Crippen molar-refractivity contribution in [1.82, 2.24) is 10.3 Å². The van der Waals surface area contributed by atoms with Crippen molar-refractivity contribution in [3.8, 4) is 6.19 Å². The molecule has 1 N–H and O–H groups in total. The number of pyridine rings is 1. The molecule has 28 heavy (non-hydrogen) atoms. The Morgan fingerprint density at radius 1 is 1.32 bits per heavy atom. The molecular formula is C19H21F2N5OS. The molecule has 2 aliphatic carbocycles. The second kappa shape index (κ2) is 7.17. The zero-order valence-corrected chi connectivity index (χ0v) is 16.3. The summed E-state index contributed by atoms with van der Waals surface area (Å²) in [6.45, 7) is 0. The Balaban J connectivity index is 1.51. The van der Waals surface area contributed by atoms with Gasteiger partial charge >= 0.3 is 0 Å². The van der Waals surface area contributed by atoms with Gasteiger partial charge in [-0.25, -0.2) is 9.89 Å². The fourth-order valence-corrected chi connectivity index (χ4v) is 5.80. The number of aromatic nitrogens is 1. The minimum atomic E-state index is -1.05. The van der Waals surface area contributed by atoms with E-state index in [1.54, 1.807) is 5.41 Å². The summed E-state index contributed by atoms with van der Waals surface area (Å²) in [6, 6.07) is 2.11. The van der Waals surface area contributed by atoms with Crippen LogP contribution in [0, 0.1) is 28.8 Å². The van der Waals surface area contributed by atoms with Crippen molar-refractivity contribution in [1.29, 1.82) is 5.26 Å². The predicted molar refractivity (Wildman–Crippen MR) is 105 cm³/mol. The highest BCUT2D eigenvalue weighted by Gasteiger charge is 2.49. The molecule has 0 radical (unpaired) electrons. The number of halogens is 2. The summed E-state index contributed by atoms with van der Waals surface area (Å²) in [4.78, 5) is 21.2. The van der Waals surface area contributed by atoms with Crippen molar-refractivity contribution in [3.05, 3.63) is 35.1 Å². The molecule has 2 saturated carbocycles. The monoisotopic (exact) mass is 405 g/mol. The van der Waals surface area contributed by atoms with Crippen molar-refractivity contribution in [2.24, 2.45) is 10.4 Å². The summed E-state index contributed by atoms with van der Waals surface area (Å²) in [5.41, 5.74) is 0.516. The molecule has 2 atom stereocenters. The second-order valence-electron chi connectivity index (χ2n) is 7.58. The van der Waals surface area contributed by atoms with Crippen LogP contribution in [0.1, 0.15) is 38.5 Å². The number of rotatable bonds is 3. The number of nitriles is 1. The van der Waals surface area contributed by atoms with Crippen LogP contribution < -0.4 is 10.2 Å². The van der Waals surface area contributed by atoms with Gasteiger partial charge in [0.25, 0.3) is 5.91 Å². The van der Waals surface area contributed by atoms with Crippen molar-refractivity contribution < 1.29 is 13.6 Å². The largest absolute Gasteiger partial charge is 0.347 e. The summed E-state index contributed by atoms with van der Waals surface area (Å²) in [5, 5.41) is 14.7. The molecule has 4 rings (SSSR count). The Morgan fingerprint density at radius 2 is 2.00 bits per heavy atom. The summed E-state index contributed by atoms with van der Waals surface area (Å²) >= 11 is 0. The number of nitrogens with one attached hydrogen (secondary N) is 1. The number of hydrogen-bond acceptors (Lipinski definition) is 5. The van der Waals surface area contributed by atoms with Gasteiger partial charge in [-0.2, -0.15) is 29.9 Å². The number of aliphatic imine (C=N–C) groups is 1. The van der Waals surface area contributed by atoms with E-state index in [0.717, 1.165) is 42.7 Å². The molecule has 0 bridgehead atoms. The van der Waals surface area contributed by atoms with Gasteiger partial charge in [-0.3, -0.25) is 4.79 Å². The van der Waals surface area contributed by atoms with Gasteiger partial charge in [0.05, 0.1) is 5.69 Å². The maximum absolute atomic E-state index is 13.4. The average molecular weight is 405 g/mol. The number of nitrogens with zero attached hydrogens (tertiary/aromatic N) is 4. The van der Waals surface area contributed by atoms with E-state index in [1.807, 2.05) is 12.4 Å². The van der Waals surface area contributed by atoms with Crippen molar-refractivity contribution in [3.63, 3.8) is 0 Å². The quantitative estimate of drug-likeness (QED) is 0.350. The number of amides is 1. The van der Waals surface area contributed by atoms with Crippen LogP contribution in [0.15, 0.2) is 28.2 Å². The van der Waals surface area contributed by atoms with Gasteiger partial charge in [0.1, 0.15) is 5.70 Å². The normalized spacial score (nSPS) is 26.2. The number of anilines is 1. The Hall–Kier alpha value is -2.47. The molecule has 1 spiro atoms. The molecule has 6 nitrogen and oxygen atoms in total. The average Bonchev–Trinajstić information content (AvgIpc) is 3.28. The van der Waals surface area contributed by atoms with Gasteiger partial charge in [-0.1, -0.05) is 12.8 Å². The summed E-state index contributed by atoms with van der Waals surface area (Å²) in [6.07, 6.45) is 10.6. The van der Waals surface area contributed by atoms with Gasteiger partial charge in [0.15, 0.2) is 11.4 Å². The molecule has 1 aromatic heterocycles. The maximum atomic E-state index is 13.4. The van der Waals surface area contributed by atoms with E-state index >= 15 is 0 Å². The van der Waals surface area contributed by atoms with Crippen LogP contribution in [0.25, 0.3) is 0 Å². The first kappa shape index (κ1) is 18.9. The third kappa shape index (κ3) is 3.26. The van der Waals surface area contributed by atoms with E-state index in [4.69, 9.17) is 0 Å². The van der Waals surface area contributed by atoms with E-state index in [0.29, 0.717) is 5.17 Å². The molecule has 1 amide bonds. The summed E-state index contributed by atoms with van der Waals surface area (Å²) in [5.74, 6) is -2.29. The number of amidine groups is 1. The molecule has 3 aliphatic rings. The maximum Gasteiger partial charge on any atom is 0.270 e. The summed E-state index contributed by atoms with van der Waals surface area (Å²) < 4.78 is 26.9. The van der Waals surface area contributed by atoms with Crippen LogP contribution in [-0.2, 0) is 4.79 Å². The number of carbonyl (C=O) groups excluding carboxylic acids is 1. The molecule has 1 aromatic rings. The molecular weight excluding hydrogens is 384 g/mol. The highest BCUT2D eigenvalue weighted by atomic mass is 32.2. The van der Waals surface area contributed by atoms with Crippen molar-refractivity contribution >= 4 is 27.7 Å². The van der Waals surface area contributed by atoms with Gasteiger partial charge < -0.3 is 5.32 Å². The Labute approximate surface area is 164 Å². The number of carbonyl (C=O) groups is 1. The first-order chi connectivity index (χ1) is 13.4. The molecule has 0 saturated heterocycles. The lowest BCUT2D eigenvalue weighted by Crippen LogP contribution is -2.54. The summed E-state index contributed by atoms with van der Waals surface area (Å²) in [7, 11) is -1.05. The van der Waals surface area contributed by atoms with Gasteiger partial charge in [0.2, 0.25) is 11.9 Å². The Morgan fingerprint density at radius 3 is 2.57 bits per heavy atom. The molecule has 2 heterocycles. The molecule has 2 fully saturated rings. The van der Waals surface area contributed by atoms with Crippen LogP contribution in [0.2, 0.25) is 0 Å². The van der Waals surface area contributed by atoms with Crippen molar-refractivity contribution in [2.45, 2.75) is 44.6 Å². The lowest BCUT2D eigenvalue weighted by molar-refractivity contribution is -0.120. The van der Waals surface area contributed by atoms with E-state index in [1.165, 1.54) is 12.8 Å². The Kier molecular flexibility index (Phi) is 4.83. The lowest BCUT2D eigenvalue weighted by atomic mass is 9.63. The standard InChI is InChI=1S/C19H21F2N5OS/c1-28-10-13(17(27)24-14-4-7-19(14)5-2-3-6-19)23-18(28)26(11-22)12-8-15(20)25-16(21)9-12/h8-10,14,28H,2-7H2,1H3,(H,24,27). The molecule has 1 aliphatic heterocycles. The smallest absolute Gasteiger partial charge is 0.270 e. The van der Waals surface area contributed by atoms with Gasteiger partial charge in [0, 0.05) is 18.2 Å². The van der Waals surface area contributed by atoms with Crippen LogP contribution in [-0.4, -0.2) is 28.4 Å². The van der Waals surface area contributed by atoms with E-state index in [-0.39, 0.29) is 28.7 Å². The molecule has 148 valence electrons. The minimum Gasteiger partial charge on any atom is -0.347 e. The predicted octanol–water partition coefficient (Wildman–Crippen LogP) is 3.33. The topological polar surface area (TPSA) is 81.4 Å². The van der Waals surface area contributed by atoms with Crippen LogP contribution in [0.5, 0.6) is 0 Å². The highest BCUT2D eigenvalue weighted by molar-refractivity contribution is 8.32. The third-order valence-electron chi connectivity index (χ3n) is 5.97. The fraction of sp³-hybridized carbons (Fsp3) is 0.474. The second-order valence-corrected chi connectivity index (χ2v) is 9.46. The molecule has 2 unspecified atom stereocenters. The third-order valence-corrected chi connectivity index (χ3v) is 7.53. The zero-order valence-electron chi connectivity index (χ0n) is 15.5. The van der Waals surface area contributed by atoms with Crippen molar-refractivity contribution in [2.75, 3.05) is 11.2 Å². The van der Waals surface area contributed by atoms with E-state index in [2.05, 4.69) is 15.3 Å². The highest BCUT2D eigenvalue weighted by Crippen LogP contribution is 2.53. The van der Waals surface area contributed by atoms with Gasteiger partial charge in [-0.05, 0) is 42.8 Å². The number of thiol groups is 1. The number of hydrogen-bond donors (Lipinski definition) is 2. The van der Waals surface area contributed by atoms with E-state index < -0.39 is 22.8 Å². The molecule has 9 heteroatoms. The Bertz CT molecular complexity index is 899. The van der Waals surface area contributed by atoms with Crippen LogP contribution in [0.3, 0.4) is 0 Å². The zero-order chi connectivity index (χ0) is 19.9. The molecule has 0 aromatic carbocycles.